The number of hydrogen-bond donors (Lipinski definition) is 3. The molecular weight excluding hydrogens is 232 g/mol. The monoisotopic (exact) mass is 250 g/mol. The summed E-state index contributed by atoms with van der Waals surface area (Å²) in [5, 5.41) is 13.7. The van der Waals surface area contributed by atoms with Gasteiger partial charge in [0.25, 0.3) is 0 Å². The molecule has 0 bridgehead atoms. The number of urea groups is 1. The topological polar surface area (TPSA) is 78.4 Å². The van der Waals surface area contributed by atoms with E-state index in [0.29, 0.717) is 0 Å². The first-order valence-electron chi connectivity index (χ1n) is 5.82. The molecule has 0 saturated carbocycles. The number of carboxylic acids is 1. The highest BCUT2D eigenvalue weighted by Crippen LogP contribution is 2.12. The van der Waals surface area contributed by atoms with Gasteiger partial charge in [-0.2, -0.15) is 0 Å². The zero-order chi connectivity index (χ0) is 13.5. The number of carboxylic acid groups (broad SMARTS) is 1. The van der Waals surface area contributed by atoms with Crippen molar-refractivity contribution in [2.75, 3.05) is 6.54 Å². The minimum atomic E-state index is -0.929. The maximum absolute atomic E-state index is 11.5. The molecule has 2 amide bonds. The van der Waals surface area contributed by atoms with E-state index < -0.39 is 5.97 Å². The summed E-state index contributed by atoms with van der Waals surface area (Å²) in [5.41, 5.74) is 2.17. The van der Waals surface area contributed by atoms with E-state index in [1.807, 2.05) is 38.1 Å². The molecule has 1 aromatic rings. The van der Waals surface area contributed by atoms with Crippen molar-refractivity contribution in [3.63, 3.8) is 0 Å². The molecule has 98 valence electrons. The van der Waals surface area contributed by atoms with Crippen molar-refractivity contribution in [3.05, 3.63) is 35.4 Å². The second-order valence-corrected chi connectivity index (χ2v) is 4.18. The van der Waals surface area contributed by atoms with E-state index in [9.17, 15) is 9.59 Å². The van der Waals surface area contributed by atoms with Gasteiger partial charge in [0.05, 0.1) is 12.5 Å². The van der Waals surface area contributed by atoms with Gasteiger partial charge in [-0.1, -0.05) is 29.8 Å². The highest BCUT2D eigenvalue weighted by Gasteiger charge is 2.08. The molecule has 5 nitrogen and oxygen atoms in total. The molecule has 3 N–H and O–H groups in total. The van der Waals surface area contributed by atoms with Crippen LogP contribution < -0.4 is 10.6 Å². The van der Waals surface area contributed by atoms with Crippen LogP contribution in [-0.2, 0) is 4.79 Å². The smallest absolute Gasteiger partial charge is 0.315 e. The normalized spacial score (nSPS) is 11.7. The van der Waals surface area contributed by atoms with E-state index in [0.717, 1.165) is 11.1 Å². The minimum Gasteiger partial charge on any atom is -0.481 e. The number of carbonyl (C=O) groups excluding carboxylic acids is 1. The summed E-state index contributed by atoms with van der Waals surface area (Å²) < 4.78 is 0. The van der Waals surface area contributed by atoms with Crippen molar-refractivity contribution >= 4 is 12.0 Å². The summed E-state index contributed by atoms with van der Waals surface area (Å²) >= 11 is 0. The van der Waals surface area contributed by atoms with Crippen molar-refractivity contribution < 1.29 is 14.7 Å². The number of nitrogens with one attached hydrogen (secondary N) is 2. The molecule has 1 atom stereocenters. The van der Waals surface area contributed by atoms with E-state index >= 15 is 0 Å². The lowest BCUT2D eigenvalue weighted by Crippen LogP contribution is -2.38. The van der Waals surface area contributed by atoms with Gasteiger partial charge in [0.1, 0.15) is 0 Å². The SMILES string of the molecule is Cc1ccc(C(C)NC(=O)NCCC(=O)O)cc1. The Morgan fingerprint density at radius 1 is 1.28 bits per heavy atom. The molecule has 1 aromatic carbocycles. The Hall–Kier alpha value is -2.04. The van der Waals surface area contributed by atoms with Crippen LogP contribution in [0.2, 0.25) is 0 Å². The fraction of sp³-hybridized carbons (Fsp3) is 0.385. The Bertz CT molecular complexity index is 415. The average Bonchev–Trinajstić information content (AvgIpc) is 2.29. The molecule has 18 heavy (non-hydrogen) atoms. The number of aliphatic carboxylic acids is 1. The van der Waals surface area contributed by atoms with E-state index in [1.165, 1.54) is 0 Å². The van der Waals surface area contributed by atoms with Crippen LogP contribution in [0.3, 0.4) is 0 Å². The van der Waals surface area contributed by atoms with Crippen LogP contribution in [-0.4, -0.2) is 23.7 Å². The van der Waals surface area contributed by atoms with Gasteiger partial charge in [-0.05, 0) is 19.4 Å². The molecule has 0 aliphatic heterocycles. The van der Waals surface area contributed by atoms with E-state index in [2.05, 4.69) is 10.6 Å². The van der Waals surface area contributed by atoms with Crippen molar-refractivity contribution in [3.8, 4) is 0 Å². The van der Waals surface area contributed by atoms with Crippen LogP contribution in [0, 0.1) is 6.92 Å². The number of amides is 2. The lowest BCUT2D eigenvalue weighted by atomic mass is 10.1. The fourth-order valence-corrected chi connectivity index (χ4v) is 1.47. The van der Waals surface area contributed by atoms with Gasteiger partial charge in [0.2, 0.25) is 0 Å². The molecule has 0 heterocycles. The van der Waals surface area contributed by atoms with E-state index in [4.69, 9.17) is 5.11 Å². The minimum absolute atomic E-state index is 0.0771. The van der Waals surface area contributed by atoms with Gasteiger partial charge in [0, 0.05) is 6.54 Å². The van der Waals surface area contributed by atoms with Crippen molar-refractivity contribution in [1.29, 1.82) is 0 Å². The lowest BCUT2D eigenvalue weighted by molar-refractivity contribution is -0.136. The molecule has 5 heteroatoms. The lowest BCUT2D eigenvalue weighted by Gasteiger charge is -2.15. The van der Waals surface area contributed by atoms with Crippen LogP contribution in [0.15, 0.2) is 24.3 Å². The van der Waals surface area contributed by atoms with Crippen LogP contribution in [0.25, 0.3) is 0 Å². The molecule has 0 aliphatic rings. The van der Waals surface area contributed by atoms with Gasteiger partial charge < -0.3 is 15.7 Å². The van der Waals surface area contributed by atoms with Gasteiger partial charge in [-0.15, -0.1) is 0 Å². The van der Waals surface area contributed by atoms with E-state index in [-0.39, 0.29) is 25.0 Å². The van der Waals surface area contributed by atoms with Crippen LogP contribution >= 0.6 is 0 Å². The number of hydrogen-bond acceptors (Lipinski definition) is 2. The third-order valence-electron chi connectivity index (χ3n) is 2.55. The molecule has 0 fully saturated rings. The fourth-order valence-electron chi connectivity index (χ4n) is 1.47. The van der Waals surface area contributed by atoms with Crippen LogP contribution in [0.4, 0.5) is 4.79 Å². The standard InChI is InChI=1S/C13H18N2O3/c1-9-3-5-11(6-4-9)10(2)15-13(18)14-8-7-12(16)17/h3-6,10H,7-8H2,1-2H3,(H,16,17)(H2,14,15,18). The third kappa shape index (κ3) is 4.86. The first kappa shape index (κ1) is 14.0. The number of carbonyl (C=O) groups is 2. The van der Waals surface area contributed by atoms with Crippen LogP contribution in [0.5, 0.6) is 0 Å². The zero-order valence-electron chi connectivity index (χ0n) is 10.6. The molecule has 1 unspecified atom stereocenters. The molecule has 1 rings (SSSR count). The number of rotatable bonds is 5. The predicted molar refractivity (Wildman–Crippen MR) is 68.4 cm³/mol. The molecular formula is C13H18N2O3. The first-order valence-corrected chi connectivity index (χ1v) is 5.82. The molecule has 0 aromatic heterocycles. The molecule has 0 saturated heterocycles. The molecule has 0 spiro atoms. The Balaban J connectivity index is 2.39. The number of aryl methyl sites for hydroxylation is 1. The first-order chi connectivity index (χ1) is 8.49. The van der Waals surface area contributed by atoms with Gasteiger partial charge in [-0.25, -0.2) is 4.79 Å². The maximum Gasteiger partial charge on any atom is 0.315 e. The Morgan fingerprint density at radius 3 is 2.44 bits per heavy atom. The Morgan fingerprint density at radius 2 is 1.89 bits per heavy atom. The van der Waals surface area contributed by atoms with Crippen LogP contribution in [0.1, 0.15) is 30.5 Å². The summed E-state index contributed by atoms with van der Waals surface area (Å²) in [5.74, 6) is -0.929. The van der Waals surface area contributed by atoms with Gasteiger partial charge in [0.15, 0.2) is 0 Å². The maximum atomic E-state index is 11.5. The summed E-state index contributed by atoms with van der Waals surface area (Å²) in [7, 11) is 0. The van der Waals surface area contributed by atoms with Crippen molar-refractivity contribution in [2.45, 2.75) is 26.3 Å². The summed E-state index contributed by atoms with van der Waals surface area (Å²) in [6.07, 6.45) is -0.0771. The van der Waals surface area contributed by atoms with Gasteiger partial charge in [-0.3, -0.25) is 4.79 Å². The summed E-state index contributed by atoms with van der Waals surface area (Å²) in [4.78, 5) is 21.7. The zero-order valence-corrected chi connectivity index (χ0v) is 10.6. The number of benzene rings is 1. The van der Waals surface area contributed by atoms with Crippen molar-refractivity contribution in [2.24, 2.45) is 0 Å². The average molecular weight is 250 g/mol. The quantitative estimate of drug-likeness (QED) is 0.746. The van der Waals surface area contributed by atoms with Crippen molar-refractivity contribution in [1.82, 2.24) is 10.6 Å². The Kier molecular flexibility index (Phi) is 5.17. The van der Waals surface area contributed by atoms with Gasteiger partial charge >= 0.3 is 12.0 Å². The largest absolute Gasteiger partial charge is 0.481 e. The molecule has 0 radical (unpaired) electrons. The Labute approximate surface area is 106 Å². The molecule has 0 aliphatic carbocycles. The second kappa shape index (κ2) is 6.64. The highest BCUT2D eigenvalue weighted by atomic mass is 16.4. The second-order valence-electron chi connectivity index (χ2n) is 4.18. The summed E-state index contributed by atoms with van der Waals surface area (Å²) in [6, 6.07) is 7.40. The highest BCUT2D eigenvalue weighted by molar-refractivity contribution is 5.75. The third-order valence-corrected chi connectivity index (χ3v) is 2.55. The summed E-state index contributed by atoms with van der Waals surface area (Å²) in [6.45, 7) is 4.00. The predicted octanol–water partition coefficient (Wildman–Crippen LogP) is 1.83. The van der Waals surface area contributed by atoms with E-state index in [1.54, 1.807) is 0 Å².